The summed E-state index contributed by atoms with van der Waals surface area (Å²) in [6.45, 7) is -0.140. The molecule has 4 aromatic rings. The maximum absolute atomic E-state index is 14.4. The lowest BCUT2D eigenvalue weighted by Gasteiger charge is -2.13. The molecule has 1 aliphatic carbocycles. The SMILES string of the molecule is O=C(CCn1c(=O)c2ccccc2n2c(=O)n(Cc3c(F)cccc3Cl)nc12)NC1CCCC1. The van der Waals surface area contributed by atoms with Crippen LogP contribution in [0.25, 0.3) is 16.7 Å². The molecule has 5 rings (SSSR count). The van der Waals surface area contributed by atoms with Crippen LogP contribution in [-0.4, -0.2) is 30.7 Å². The lowest BCUT2D eigenvalue weighted by atomic mass is 10.2. The summed E-state index contributed by atoms with van der Waals surface area (Å²) in [5.41, 5.74) is -0.360. The zero-order valence-corrected chi connectivity index (χ0v) is 19.1. The van der Waals surface area contributed by atoms with Crippen LogP contribution in [0, 0.1) is 5.82 Å². The summed E-state index contributed by atoms with van der Waals surface area (Å²) in [6.07, 6.45) is 4.20. The third-order valence-electron chi connectivity index (χ3n) is 6.34. The maximum atomic E-state index is 14.4. The van der Waals surface area contributed by atoms with Gasteiger partial charge in [-0.2, -0.15) is 0 Å². The predicted octanol–water partition coefficient (Wildman–Crippen LogP) is 3.10. The number of rotatable bonds is 6. The molecule has 0 atom stereocenters. The number of benzene rings is 2. The van der Waals surface area contributed by atoms with Crippen molar-refractivity contribution in [2.75, 3.05) is 0 Å². The highest BCUT2D eigenvalue weighted by atomic mass is 35.5. The number of carbonyl (C=O) groups excluding carboxylic acids is 1. The molecule has 0 unspecified atom stereocenters. The van der Waals surface area contributed by atoms with Gasteiger partial charge in [0.2, 0.25) is 11.7 Å². The monoisotopic (exact) mass is 483 g/mol. The molecular formula is C24H23ClFN5O3. The molecule has 1 aliphatic rings. The number of fused-ring (bicyclic) bond motifs is 3. The highest BCUT2D eigenvalue weighted by Gasteiger charge is 2.21. The molecule has 1 fully saturated rings. The summed E-state index contributed by atoms with van der Waals surface area (Å²) in [5, 5.41) is 7.87. The van der Waals surface area contributed by atoms with Crippen molar-refractivity contribution >= 4 is 34.2 Å². The van der Waals surface area contributed by atoms with Crippen LogP contribution in [0.2, 0.25) is 5.02 Å². The van der Waals surface area contributed by atoms with Crippen molar-refractivity contribution in [2.24, 2.45) is 0 Å². The summed E-state index contributed by atoms with van der Waals surface area (Å²) in [4.78, 5) is 39.1. The Morgan fingerprint density at radius 2 is 1.88 bits per heavy atom. The minimum atomic E-state index is -0.553. The van der Waals surface area contributed by atoms with E-state index < -0.39 is 11.5 Å². The number of aryl methyl sites for hydroxylation is 1. The van der Waals surface area contributed by atoms with Crippen molar-refractivity contribution in [3.8, 4) is 0 Å². The first kappa shape index (κ1) is 22.3. The molecular weight excluding hydrogens is 461 g/mol. The van der Waals surface area contributed by atoms with Gasteiger partial charge in [-0.3, -0.25) is 14.2 Å². The van der Waals surface area contributed by atoms with E-state index in [1.165, 1.54) is 27.2 Å². The van der Waals surface area contributed by atoms with Crippen LogP contribution >= 0.6 is 11.6 Å². The van der Waals surface area contributed by atoms with Gasteiger partial charge in [0.25, 0.3) is 5.56 Å². The molecule has 0 radical (unpaired) electrons. The van der Waals surface area contributed by atoms with Crippen LogP contribution in [0.1, 0.15) is 37.7 Å². The molecule has 2 heterocycles. The van der Waals surface area contributed by atoms with Gasteiger partial charge in [-0.15, -0.1) is 5.10 Å². The average molecular weight is 484 g/mol. The predicted molar refractivity (Wildman–Crippen MR) is 127 cm³/mol. The van der Waals surface area contributed by atoms with Gasteiger partial charge in [-0.1, -0.05) is 42.6 Å². The Bertz CT molecular complexity index is 1500. The Kier molecular flexibility index (Phi) is 5.95. The molecule has 1 saturated carbocycles. The van der Waals surface area contributed by atoms with Gasteiger partial charge in [0.1, 0.15) is 5.82 Å². The van der Waals surface area contributed by atoms with E-state index in [1.54, 1.807) is 24.3 Å². The summed E-state index contributed by atoms with van der Waals surface area (Å²) in [5.74, 6) is -0.609. The fourth-order valence-corrected chi connectivity index (χ4v) is 4.81. The third-order valence-corrected chi connectivity index (χ3v) is 6.69. The van der Waals surface area contributed by atoms with Gasteiger partial charge >= 0.3 is 5.69 Å². The van der Waals surface area contributed by atoms with Crippen LogP contribution in [0.15, 0.2) is 52.1 Å². The van der Waals surface area contributed by atoms with E-state index in [4.69, 9.17) is 11.6 Å². The topological polar surface area (TPSA) is 90.4 Å². The third kappa shape index (κ3) is 4.00. The molecule has 0 spiro atoms. The van der Waals surface area contributed by atoms with E-state index in [2.05, 4.69) is 10.4 Å². The average Bonchev–Trinajstić information content (AvgIpc) is 3.44. The van der Waals surface area contributed by atoms with Gasteiger partial charge in [0.05, 0.1) is 17.4 Å². The number of hydrogen-bond acceptors (Lipinski definition) is 4. The van der Waals surface area contributed by atoms with Crippen molar-refractivity contribution in [3.63, 3.8) is 0 Å². The van der Waals surface area contributed by atoms with Gasteiger partial charge in [0, 0.05) is 29.6 Å². The van der Waals surface area contributed by atoms with Crippen LogP contribution < -0.4 is 16.6 Å². The summed E-state index contributed by atoms with van der Waals surface area (Å²) in [6, 6.07) is 11.2. The normalized spacial score (nSPS) is 14.3. The molecule has 0 aliphatic heterocycles. The molecule has 10 heteroatoms. The molecule has 34 heavy (non-hydrogen) atoms. The molecule has 0 saturated heterocycles. The summed E-state index contributed by atoms with van der Waals surface area (Å²) in [7, 11) is 0. The van der Waals surface area contributed by atoms with E-state index in [9.17, 15) is 18.8 Å². The molecule has 2 aromatic carbocycles. The quantitative estimate of drug-likeness (QED) is 0.456. The standard InChI is InChI=1S/C24H23ClFN5O3/c25-18-9-5-10-19(26)17(18)14-30-24(34)31-20-11-4-3-8-16(20)22(33)29(23(31)28-30)13-12-21(32)27-15-6-1-2-7-15/h3-5,8-11,15H,1-2,6-7,12-14H2,(H,27,32). The van der Waals surface area contributed by atoms with Gasteiger partial charge in [-0.25, -0.2) is 18.3 Å². The number of carbonyl (C=O) groups is 1. The van der Waals surface area contributed by atoms with Gasteiger partial charge < -0.3 is 5.32 Å². The lowest BCUT2D eigenvalue weighted by Crippen LogP contribution is -2.34. The maximum Gasteiger partial charge on any atom is 0.352 e. The van der Waals surface area contributed by atoms with Crippen LogP contribution in [0.5, 0.6) is 0 Å². The number of aromatic nitrogens is 4. The Morgan fingerprint density at radius 3 is 2.65 bits per heavy atom. The van der Waals surface area contributed by atoms with Crippen LogP contribution in [-0.2, 0) is 17.9 Å². The number of halogens is 2. The highest BCUT2D eigenvalue weighted by Crippen LogP contribution is 2.20. The Hall–Kier alpha value is -3.46. The van der Waals surface area contributed by atoms with Crippen molar-refractivity contribution in [1.29, 1.82) is 0 Å². The molecule has 1 N–H and O–H groups in total. The molecule has 1 amide bonds. The summed E-state index contributed by atoms with van der Waals surface area (Å²) >= 11 is 6.15. The second-order valence-corrected chi connectivity index (χ2v) is 8.96. The van der Waals surface area contributed by atoms with E-state index in [1.807, 2.05) is 0 Å². The van der Waals surface area contributed by atoms with Crippen molar-refractivity contribution in [3.05, 3.63) is 79.7 Å². The minimum Gasteiger partial charge on any atom is -0.353 e. The van der Waals surface area contributed by atoms with Crippen molar-refractivity contribution < 1.29 is 9.18 Å². The van der Waals surface area contributed by atoms with Gasteiger partial charge in [0.15, 0.2) is 0 Å². The first-order valence-electron chi connectivity index (χ1n) is 11.3. The first-order chi connectivity index (χ1) is 16.4. The zero-order valence-electron chi connectivity index (χ0n) is 18.3. The largest absolute Gasteiger partial charge is 0.353 e. The second kappa shape index (κ2) is 9.06. The van der Waals surface area contributed by atoms with Crippen LogP contribution in [0.4, 0.5) is 4.39 Å². The molecule has 8 nitrogen and oxygen atoms in total. The van der Waals surface area contributed by atoms with E-state index >= 15 is 0 Å². The van der Waals surface area contributed by atoms with Crippen molar-refractivity contribution in [1.82, 2.24) is 24.1 Å². The zero-order chi connectivity index (χ0) is 23.8. The first-order valence-corrected chi connectivity index (χ1v) is 11.6. The Balaban J connectivity index is 1.58. The van der Waals surface area contributed by atoms with Gasteiger partial charge in [-0.05, 0) is 37.1 Å². The smallest absolute Gasteiger partial charge is 0.352 e. The fourth-order valence-electron chi connectivity index (χ4n) is 4.59. The van der Waals surface area contributed by atoms with E-state index in [-0.39, 0.29) is 53.4 Å². The highest BCUT2D eigenvalue weighted by molar-refractivity contribution is 6.31. The van der Waals surface area contributed by atoms with Crippen molar-refractivity contribution in [2.45, 2.75) is 51.2 Å². The number of para-hydroxylation sites is 1. The Morgan fingerprint density at radius 1 is 1.12 bits per heavy atom. The number of hydrogen-bond donors (Lipinski definition) is 1. The van der Waals surface area contributed by atoms with Crippen LogP contribution in [0.3, 0.4) is 0 Å². The second-order valence-electron chi connectivity index (χ2n) is 8.55. The molecule has 0 bridgehead atoms. The Labute approximate surface area is 198 Å². The number of nitrogens with one attached hydrogen (secondary N) is 1. The summed E-state index contributed by atoms with van der Waals surface area (Å²) < 4.78 is 18.1. The number of amides is 1. The minimum absolute atomic E-state index is 0.0582. The molecule has 2 aromatic heterocycles. The molecule has 176 valence electrons. The lowest BCUT2D eigenvalue weighted by molar-refractivity contribution is -0.121. The fraction of sp³-hybridized carbons (Fsp3) is 0.333. The van der Waals surface area contributed by atoms with E-state index in [0.29, 0.717) is 10.9 Å². The number of nitrogens with zero attached hydrogens (tertiary/aromatic N) is 4. The van der Waals surface area contributed by atoms with E-state index in [0.717, 1.165) is 30.4 Å².